The van der Waals surface area contributed by atoms with E-state index >= 15 is 0 Å². The number of hydrogen-bond acceptors (Lipinski definition) is 2. The molecule has 0 aliphatic carbocycles. The van der Waals surface area contributed by atoms with Crippen LogP contribution < -0.4 is 5.32 Å². The number of amides is 2. The van der Waals surface area contributed by atoms with Gasteiger partial charge in [0.15, 0.2) is 0 Å². The highest BCUT2D eigenvalue weighted by molar-refractivity contribution is 5.95. The highest BCUT2D eigenvalue weighted by Crippen LogP contribution is 2.28. The molecule has 4 heteroatoms. The molecule has 0 aliphatic heterocycles. The van der Waals surface area contributed by atoms with Crippen molar-refractivity contribution in [2.45, 2.75) is 33.1 Å². The van der Waals surface area contributed by atoms with Crippen molar-refractivity contribution in [3.8, 4) is 0 Å². The molecule has 0 saturated carbocycles. The van der Waals surface area contributed by atoms with Crippen molar-refractivity contribution in [2.75, 3.05) is 18.9 Å². The lowest BCUT2D eigenvalue weighted by Crippen LogP contribution is -2.39. The molecule has 138 valence electrons. The summed E-state index contributed by atoms with van der Waals surface area (Å²) in [6, 6.07) is 17.4. The number of benzene rings is 2. The number of nitrogens with one attached hydrogen (secondary N) is 1. The van der Waals surface area contributed by atoms with E-state index in [1.165, 1.54) is 4.90 Å². The summed E-state index contributed by atoms with van der Waals surface area (Å²) in [4.78, 5) is 26.8. The summed E-state index contributed by atoms with van der Waals surface area (Å²) in [5, 5.41) is 2.84. The Bertz CT molecular complexity index is 726. The minimum Gasteiger partial charge on any atom is -0.336 e. The lowest BCUT2D eigenvalue weighted by molar-refractivity contribution is -0.135. The number of rotatable bonds is 7. The molecule has 0 spiro atoms. The maximum atomic E-state index is 13.0. The van der Waals surface area contributed by atoms with Gasteiger partial charge in [-0.1, -0.05) is 68.3 Å². The standard InChI is InChI=1S/C22H28N2O2/c1-5-17(3)21(18-9-7-6-8-10-18)22(26)24(4)15-20(25)23-19-13-11-16(2)12-14-19/h6-14,17,21H,5,15H2,1-4H3,(H,23,25). The van der Waals surface area contributed by atoms with E-state index in [0.717, 1.165) is 23.2 Å². The maximum Gasteiger partial charge on any atom is 0.243 e. The number of carbonyl (C=O) groups excluding carboxylic acids is 2. The lowest BCUT2D eigenvalue weighted by Gasteiger charge is -2.27. The molecular weight excluding hydrogens is 324 g/mol. The Balaban J connectivity index is 2.05. The number of aryl methyl sites for hydroxylation is 1. The molecule has 26 heavy (non-hydrogen) atoms. The highest BCUT2D eigenvalue weighted by Gasteiger charge is 2.29. The lowest BCUT2D eigenvalue weighted by atomic mass is 9.84. The molecule has 2 amide bonds. The van der Waals surface area contributed by atoms with E-state index in [1.54, 1.807) is 7.05 Å². The van der Waals surface area contributed by atoms with Gasteiger partial charge in [0.1, 0.15) is 0 Å². The summed E-state index contributed by atoms with van der Waals surface area (Å²) < 4.78 is 0. The first-order valence-corrected chi connectivity index (χ1v) is 9.08. The molecule has 0 heterocycles. The Morgan fingerprint density at radius 1 is 1.04 bits per heavy atom. The first-order chi connectivity index (χ1) is 12.4. The zero-order valence-electron chi connectivity index (χ0n) is 16.0. The van der Waals surface area contributed by atoms with Gasteiger partial charge in [-0.15, -0.1) is 0 Å². The Kier molecular flexibility index (Phi) is 6.96. The van der Waals surface area contributed by atoms with Gasteiger partial charge in [-0.25, -0.2) is 0 Å². The van der Waals surface area contributed by atoms with Crippen LogP contribution in [-0.4, -0.2) is 30.3 Å². The third-order valence-corrected chi connectivity index (χ3v) is 4.73. The van der Waals surface area contributed by atoms with Gasteiger partial charge in [0.2, 0.25) is 11.8 Å². The molecule has 4 nitrogen and oxygen atoms in total. The van der Waals surface area contributed by atoms with Crippen LogP contribution in [0.15, 0.2) is 54.6 Å². The van der Waals surface area contributed by atoms with Crippen LogP contribution >= 0.6 is 0 Å². The SMILES string of the molecule is CCC(C)C(C(=O)N(C)CC(=O)Nc1ccc(C)cc1)c1ccccc1. The predicted molar refractivity (Wildman–Crippen MR) is 106 cm³/mol. The van der Waals surface area contributed by atoms with Crippen molar-refractivity contribution in [1.82, 2.24) is 4.90 Å². The van der Waals surface area contributed by atoms with Crippen molar-refractivity contribution in [3.63, 3.8) is 0 Å². The van der Waals surface area contributed by atoms with Crippen molar-refractivity contribution in [2.24, 2.45) is 5.92 Å². The second-order valence-electron chi connectivity index (χ2n) is 6.88. The zero-order chi connectivity index (χ0) is 19.1. The summed E-state index contributed by atoms with van der Waals surface area (Å²) in [5.74, 6) is -0.254. The second-order valence-corrected chi connectivity index (χ2v) is 6.88. The molecule has 2 unspecified atom stereocenters. The van der Waals surface area contributed by atoms with E-state index < -0.39 is 0 Å². The third kappa shape index (κ3) is 5.19. The van der Waals surface area contributed by atoms with Gasteiger partial charge in [0.05, 0.1) is 12.5 Å². The molecule has 0 bridgehead atoms. The Labute approximate surface area is 156 Å². The number of anilines is 1. The van der Waals surface area contributed by atoms with Gasteiger partial charge in [-0.05, 0) is 30.5 Å². The normalized spacial score (nSPS) is 12.9. The first-order valence-electron chi connectivity index (χ1n) is 9.08. The minimum atomic E-state index is -0.238. The van der Waals surface area contributed by atoms with Crippen LogP contribution in [0.25, 0.3) is 0 Å². The van der Waals surface area contributed by atoms with E-state index in [4.69, 9.17) is 0 Å². The van der Waals surface area contributed by atoms with E-state index in [1.807, 2.05) is 61.5 Å². The van der Waals surface area contributed by atoms with Crippen LogP contribution in [0, 0.1) is 12.8 Å². The molecule has 0 saturated heterocycles. The van der Waals surface area contributed by atoms with E-state index in [0.29, 0.717) is 0 Å². The monoisotopic (exact) mass is 352 g/mol. The van der Waals surface area contributed by atoms with Crippen LogP contribution in [-0.2, 0) is 9.59 Å². The fraction of sp³-hybridized carbons (Fsp3) is 0.364. The van der Waals surface area contributed by atoms with Crippen LogP contribution in [0.5, 0.6) is 0 Å². The molecule has 0 fully saturated rings. The molecule has 2 aromatic rings. The van der Waals surface area contributed by atoms with Gasteiger partial charge in [0.25, 0.3) is 0 Å². The fourth-order valence-corrected chi connectivity index (χ4v) is 2.98. The van der Waals surface area contributed by atoms with Gasteiger partial charge >= 0.3 is 0 Å². The molecule has 2 atom stereocenters. The molecule has 1 N–H and O–H groups in total. The largest absolute Gasteiger partial charge is 0.336 e. The molecule has 0 aromatic heterocycles. The van der Waals surface area contributed by atoms with Crippen LogP contribution in [0.4, 0.5) is 5.69 Å². The van der Waals surface area contributed by atoms with E-state index in [9.17, 15) is 9.59 Å². The van der Waals surface area contributed by atoms with Gasteiger partial charge in [-0.3, -0.25) is 9.59 Å². The number of likely N-dealkylation sites (N-methyl/N-ethyl adjacent to an activating group) is 1. The third-order valence-electron chi connectivity index (χ3n) is 4.73. The molecule has 2 aromatic carbocycles. The van der Waals surface area contributed by atoms with Crippen molar-refractivity contribution < 1.29 is 9.59 Å². The summed E-state index contributed by atoms with van der Waals surface area (Å²) in [7, 11) is 1.69. The van der Waals surface area contributed by atoms with Gasteiger partial charge < -0.3 is 10.2 Å². The van der Waals surface area contributed by atoms with Crippen molar-refractivity contribution in [1.29, 1.82) is 0 Å². The summed E-state index contributed by atoms with van der Waals surface area (Å²) in [6.45, 7) is 6.19. The fourth-order valence-electron chi connectivity index (χ4n) is 2.98. The van der Waals surface area contributed by atoms with Gasteiger partial charge in [0, 0.05) is 12.7 Å². The van der Waals surface area contributed by atoms with E-state index in [-0.39, 0.29) is 30.2 Å². The minimum absolute atomic E-state index is 0.0235. The molecule has 2 rings (SSSR count). The first kappa shape index (κ1) is 19.7. The van der Waals surface area contributed by atoms with Crippen LogP contribution in [0.2, 0.25) is 0 Å². The van der Waals surface area contributed by atoms with Crippen LogP contribution in [0.3, 0.4) is 0 Å². The highest BCUT2D eigenvalue weighted by atomic mass is 16.2. The summed E-state index contributed by atoms with van der Waals surface area (Å²) >= 11 is 0. The topological polar surface area (TPSA) is 49.4 Å². The van der Waals surface area contributed by atoms with E-state index in [2.05, 4.69) is 19.2 Å². The second kappa shape index (κ2) is 9.18. The Hall–Kier alpha value is -2.62. The summed E-state index contributed by atoms with van der Waals surface area (Å²) in [6.07, 6.45) is 0.898. The Morgan fingerprint density at radius 3 is 2.23 bits per heavy atom. The quantitative estimate of drug-likeness (QED) is 0.811. The van der Waals surface area contributed by atoms with Gasteiger partial charge in [-0.2, -0.15) is 0 Å². The zero-order valence-corrected chi connectivity index (χ0v) is 16.0. The maximum absolute atomic E-state index is 13.0. The summed E-state index contributed by atoms with van der Waals surface area (Å²) in [5.41, 5.74) is 2.87. The molecular formula is C22H28N2O2. The molecule has 0 radical (unpaired) electrons. The number of hydrogen-bond donors (Lipinski definition) is 1. The predicted octanol–water partition coefficient (Wildman–Crippen LogP) is 4.22. The van der Waals surface area contributed by atoms with Crippen molar-refractivity contribution in [3.05, 3.63) is 65.7 Å². The van der Waals surface area contributed by atoms with Crippen molar-refractivity contribution >= 4 is 17.5 Å². The van der Waals surface area contributed by atoms with Crippen LogP contribution in [0.1, 0.15) is 37.3 Å². The average Bonchev–Trinajstić information content (AvgIpc) is 2.64. The number of nitrogens with zero attached hydrogens (tertiary/aromatic N) is 1. The average molecular weight is 352 g/mol. The smallest absolute Gasteiger partial charge is 0.243 e. The molecule has 0 aliphatic rings. The number of carbonyl (C=O) groups is 2. The Morgan fingerprint density at radius 2 is 1.65 bits per heavy atom.